The molecule has 2 amide bonds. The Hall–Kier alpha value is -2.56. The number of amides is 2. The Morgan fingerprint density at radius 3 is 2.50 bits per heavy atom. The predicted octanol–water partition coefficient (Wildman–Crippen LogP) is 2.18. The minimum absolute atomic E-state index is 0.0470. The second kappa shape index (κ2) is 6.06. The molecule has 1 heterocycles. The Bertz CT molecular complexity index is 605. The molecule has 0 fully saturated rings. The molecule has 20 heavy (non-hydrogen) atoms. The Balaban J connectivity index is 2.03. The molecule has 0 aliphatic rings. The van der Waals surface area contributed by atoms with Crippen molar-refractivity contribution < 1.29 is 9.59 Å². The molecule has 0 aliphatic heterocycles. The number of nitrogens with one attached hydrogen (secondary N) is 1. The van der Waals surface area contributed by atoms with Gasteiger partial charge in [-0.2, -0.15) is 0 Å². The van der Waals surface area contributed by atoms with Gasteiger partial charge < -0.3 is 15.6 Å². The van der Waals surface area contributed by atoms with Crippen LogP contribution >= 0.6 is 0 Å². The van der Waals surface area contributed by atoms with Crippen LogP contribution in [0.25, 0.3) is 0 Å². The third-order valence-electron chi connectivity index (χ3n) is 3.08. The maximum atomic E-state index is 12.0. The Labute approximate surface area is 117 Å². The molecular formula is C15H17N3O2. The molecule has 0 saturated heterocycles. The number of benzene rings is 1. The number of hydrogen-bond acceptors (Lipinski definition) is 2. The number of nitrogens with two attached hydrogens (primary N) is 1. The number of primary amides is 1. The molecule has 104 valence electrons. The van der Waals surface area contributed by atoms with Crippen LogP contribution in [0.1, 0.15) is 29.7 Å². The van der Waals surface area contributed by atoms with Crippen molar-refractivity contribution in [3.63, 3.8) is 0 Å². The van der Waals surface area contributed by atoms with Crippen LogP contribution in [-0.4, -0.2) is 16.4 Å². The van der Waals surface area contributed by atoms with Crippen molar-refractivity contribution in [1.82, 2.24) is 4.57 Å². The van der Waals surface area contributed by atoms with Gasteiger partial charge in [0.15, 0.2) is 0 Å². The number of aromatic nitrogens is 1. The van der Waals surface area contributed by atoms with Gasteiger partial charge in [-0.1, -0.05) is 12.1 Å². The molecule has 2 aromatic rings. The summed E-state index contributed by atoms with van der Waals surface area (Å²) in [6, 6.07) is 10.6. The lowest BCUT2D eigenvalue weighted by Gasteiger charge is -2.14. The summed E-state index contributed by atoms with van der Waals surface area (Å²) in [6.45, 7) is 1.96. The van der Waals surface area contributed by atoms with Gasteiger partial charge in [0.2, 0.25) is 5.91 Å². The number of nitrogens with zero attached hydrogens (tertiary/aromatic N) is 1. The first-order chi connectivity index (χ1) is 9.58. The second-order valence-corrected chi connectivity index (χ2v) is 4.64. The monoisotopic (exact) mass is 271 g/mol. The van der Waals surface area contributed by atoms with Gasteiger partial charge in [-0.15, -0.1) is 0 Å². The van der Waals surface area contributed by atoms with Gasteiger partial charge in [-0.25, -0.2) is 0 Å². The van der Waals surface area contributed by atoms with Gasteiger partial charge in [0.1, 0.15) is 0 Å². The van der Waals surface area contributed by atoms with Crippen molar-refractivity contribution in [2.24, 2.45) is 5.73 Å². The largest absolute Gasteiger partial charge is 0.366 e. The number of rotatable bonds is 5. The van der Waals surface area contributed by atoms with E-state index in [0.717, 1.165) is 0 Å². The van der Waals surface area contributed by atoms with E-state index in [0.29, 0.717) is 17.7 Å². The van der Waals surface area contributed by atoms with E-state index >= 15 is 0 Å². The molecule has 0 spiro atoms. The van der Waals surface area contributed by atoms with Crippen LogP contribution in [0, 0.1) is 0 Å². The first-order valence-electron chi connectivity index (χ1n) is 6.39. The molecule has 1 aromatic carbocycles. The third kappa shape index (κ3) is 3.26. The molecule has 0 aliphatic carbocycles. The highest BCUT2D eigenvalue weighted by Crippen LogP contribution is 2.17. The van der Waals surface area contributed by atoms with Crippen LogP contribution in [0.4, 0.5) is 5.69 Å². The Morgan fingerprint density at radius 2 is 1.85 bits per heavy atom. The van der Waals surface area contributed by atoms with Crippen molar-refractivity contribution in [2.45, 2.75) is 19.4 Å². The number of anilines is 1. The van der Waals surface area contributed by atoms with E-state index in [9.17, 15) is 9.59 Å². The van der Waals surface area contributed by atoms with Gasteiger partial charge in [0, 0.05) is 24.9 Å². The zero-order valence-electron chi connectivity index (χ0n) is 11.2. The minimum atomic E-state index is -0.556. The molecule has 1 aromatic heterocycles. The van der Waals surface area contributed by atoms with Gasteiger partial charge in [0.05, 0.1) is 11.3 Å². The highest BCUT2D eigenvalue weighted by molar-refractivity contribution is 6.03. The average Bonchev–Trinajstić information content (AvgIpc) is 2.92. The molecule has 5 heteroatoms. The smallest absolute Gasteiger partial charge is 0.250 e. The minimum Gasteiger partial charge on any atom is -0.366 e. The first kappa shape index (κ1) is 13.9. The summed E-state index contributed by atoms with van der Waals surface area (Å²) in [6.07, 6.45) is 4.15. The van der Waals surface area contributed by atoms with Crippen molar-refractivity contribution in [3.8, 4) is 0 Å². The summed E-state index contributed by atoms with van der Waals surface area (Å²) in [5.74, 6) is -0.709. The second-order valence-electron chi connectivity index (χ2n) is 4.64. The van der Waals surface area contributed by atoms with Crippen LogP contribution in [0.5, 0.6) is 0 Å². The SMILES string of the molecule is C[C@@H](CC(=O)Nc1ccccc1C(N)=O)n1cccc1. The third-order valence-corrected chi connectivity index (χ3v) is 3.08. The number of carbonyl (C=O) groups excluding carboxylic acids is 2. The van der Waals surface area contributed by atoms with Gasteiger partial charge in [0.25, 0.3) is 5.91 Å². The summed E-state index contributed by atoms with van der Waals surface area (Å²) < 4.78 is 1.96. The van der Waals surface area contributed by atoms with E-state index in [-0.39, 0.29) is 11.9 Å². The quantitative estimate of drug-likeness (QED) is 0.874. The molecule has 0 saturated carbocycles. The Kier molecular flexibility index (Phi) is 4.20. The van der Waals surface area contributed by atoms with Gasteiger partial charge >= 0.3 is 0 Å². The van der Waals surface area contributed by atoms with Gasteiger partial charge in [-0.3, -0.25) is 9.59 Å². The zero-order valence-corrected chi connectivity index (χ0v) is 11.2. The molecule has 2 rings (SSSR count). The number of carbonyl (C=O) groups is 2. The molecule has 0 bridgehead atoms. The maximum Gasteiger partial charge on any atom is 0.250 e. The van der Waals surface area contributed by atoms with Gasteiger partial charge in [-0.05, 0) is 31.2 Å². The predicted molar refractivity (Wildman–Crippen MR) is 77.3 cm³/mol. The fourth-order valence-corrected chi connectivity index (χ4v) is 2.02. The van der Waals surface area contributed by atoms with Crippen LogP contribution in [0.15, 0.2) is 48.8 Å². The van der Waals surface area contributed by atoms with E-state index in [1.807, 2.05) is 36.0 Å². The lowest BCUT2D eigenvalue weighted by atomic mass is 10.1. The lowest BCUT2D eigenvalue weighted by molar-refractivity contribution is -0.116. The van der Waals surface area contributed by atoms with E-state index in [2.05, 4.69) is 5.32 Å². The molecule has 3 N–H and O–H groups in total. The van der Waals surface area contributed by atoms with E-state index < -0.39 is 5.91 Å². The Morgan fingerprint density at radius 1 is 1.20 bits per heavy atom. The topological polar surface area (TPSA) is 77.1 Å². The first-order valence-corrected chi connectivity index (χ1v) is 6.39. The average molecular weight is 271 g/mol. The highest BCUT2D eigenvalue weighted by Gasteiger charge is 2.13. The van der Waals surface area contributed by atoms with Crippen molar-refractivity contribution in [2.75, 3.05) is 5.32 Å². The summed E-state index contributed by atoms with van der Waals surface area (Å²) in [4.78, 5) is 23.3. The molecule has 5 nitrogen and oxygen atoms in total. The standard InChI is InChI=1S/C15H17N3O2/c1-11(18-8-4-5-9-18)10-14(19)17-13-7-3-2-6-12(13)15(16)20/h2-9,11H,10H2,1H3,(H2,16,20)(H,17,19)/t11-/m0/s1. The summed E-state index contributed by atoms with van der Waals surface area (Å²) in [7, 11) is 0. The lowest BCUT2D eigenvalue weighted by Crippen LogP contribution is -2.20. The fraction of sp³-hybridized carbons (Fsp3) is 0.200. The zero-order chi connectivity index (χ0) is 14.5. The molecular weight excluding hydrogens is 254 g/mol. The van der Waals surface area contributed by atoms with Crippen LogP contribution in [0.3, 0.4) is 0 Å². The molecule has 1 atom stereocenters. The molecule has 0 radical (unpaired) electrons. The van der Waals surface area contributed by atoms with Crippen LogP contribution in [0.2, 0.25) is 0 Å². The molecule has 0 unspecified atom stereocenters. The number of para-hydroxylation sites is 1. The van der Waals surface area contributed by atoms with Crippen LogP contribution in [-0.2, 0) is 4.79 Å². The van der Waals surface area contributed by atoms with E-state index in [1.54, 1.807) is 24.3 Å². The van der Waals surface area contributed by atoms with Crippen molar-refractivity contribution >= 4 is 17.5 Å². The van der Waals surface area contributed by atoms with E-state index in [4.69, 9.17) is 5.73 Å². The summed E-state index contributed by atoms with van der Waals surface area (Å²) >= 11 is 0. The van der Waals surface area contributed by atoms with Crippen LogP contribution < -0.4 is 11.1 Å². The van der Waals surface area contributed by atoms with Crippen molar-refractivity contribution in [3.05, 3.63) is 54.4 Å². The summed E-state index contributed by atoms with van der Waals surface area (Å²) in [5.41, 5.74) is 6.04. The fourth-order valence-electron chi connectivity index (χ4n) is 2.02. The van der Waals surface area contributed by atoms with Crippen molar-refractivity contribution in [1.29, 1.82) is 0 Å². The maximum absolute atomic E-state index is 12.0. The van der Waals surface area contributed by atoms with E-state index in [1.165, 1.54) is 0 Å². The highest BCUT2D eigenvalue weighted by atomic mass is 16.2. The normalized spacial score (nSPS) is 11.8. The summed E-state index contributed by atoms with van der Waals surface area (Å²) in [5, 5.41) is 2.73. The number of hydrogen-bond donors (Lipinski definition) is 2.